The van der Waals surface area contributed by atoms with Gasteiger partial charge in [0.05, 0.1) is 18.3 Å². The van der Waals surface area contributed by atoms with Gasteiger partial charge in [-0.1, -0.05) is 61.5 Å². The third-order valence-corrected chi connectivity index (χ3v) is 6.29. The van der Waals surface area contributed by atoms with Crippen molar-refractivity contribution in [2.75, 3.05) is 0 Å². The highest BCUT2D eigenvalue weighted by molar-refractivity contribution is 5.76. The van der Waals surface area contributed by atoms with E-state index >= 15 is 0 Å². The number of nitrogens with one attached hydrogen (secondary N) is 1. The predicted molar refractivity (Wildman–Crippen MR) is 128 cm³/mol. The highest BCUT2D eigenvalue weighted by Gasteiger charge is 2.32. The minimum absolute atomic E-state index is 0.159. The van der Waals surface area contributed by atoms with Gasteiger partial charge >= 0.3 is 6.03 Å². The molecule has 166 valence electrons. The largest absolute Gasteiger partial charge is 0.334 e. The van der Waals surface area contributed by atoms with Crippen molar-refractivity contribution in [3.63, 3.8) is 0 Å². The monoisotopic (exact) mass is 439 g/mol. The van der Waals surface area contributed by atoms with E-state index in [2.05, 4.69) is 65.5 Å². The average molecular weight is 440 g/mol. The van der Waals surface area contributed by atoms with Crippen molar-refractivity contribution in [3.05, 3.63) is 125 Å². The molecule has 0 unspecified atom stereocenters. The normalized spacial score (nSPS) is 14.8. The van der Waals surface area contributed by atoms with E-state index in [0.717, 1.165) is 34.5 Å². The summed E-state index contributed by atoms with van der Waals surface area (Å²) in [5, 5.41) is 3.05. The van der Waals surface area contributed by atoms with E-state index in [1.165, 1.54) is 17.7 Å². The Morgan fingerprint density at radius 3 is 2.42 bits per heavy atom. The number of hydrogen-bond acceptors (Lipinski definition) is 1. The van der Waals surface area contributed by atoms with Gasteiger partial charge in [0.25, 0.3) is 0 Å². The van der Waals surface area contributed by atoms with Crippen LogP contribution in [0.3, 0.4) is 0 Å². The molecule has 1 aromatic heterocycles. The number of nitrogens with zero attached hydrogens (tertiary/aromatic N) is 2. The van der Waals surface area contributed by atoms with E-state index in [9.17, 15) is 9.18 Å². The van der Waals surface area contributed by atoms with Crippen LogP contribution in [0.4, 0.5) is 9.18 Å². The van der Waals surface area contributed by atoms with Crippen molar-refractivity contribution < 1.29 is 9.18 Å². The first kappa shape index (κ1) is 21.0. The number of amides is 2. The number of carbonyl (C=O) groups excluding carboxylic acids is 1. The smallest absolute Gasteiger partial charge is 0.318 e. The molecule has 0 radical (unpaired) electrons. The van der Waals surface area contributed by atoms with Crippen LogP contribution in [-0.2, 0) is 19.5 Å². The summed E-state index contributed by atoms with van der Waals surface area (Å²) in [6, 6.07) is 26.6. The van der Waals surface area contributed by atoms with Crippen LogP contribution in [-0.4, -0.2) is 15.5 Å². The molecule has 33 heavy (non-hydrogen) atoms. The lowest BCUT2D eigenvalue weighted by Crippen LogP contribution is -2.41. The zero-order chi connectivity index (χ0) is 22.8. The maximum Gasteiger partial charge on any atom is 0.318 e. The lowest BCUT2D eigenvalue weighted by molar-refractivity contribution is 0.180. The molecule has 0 bridgehead atoms. The molecule has 0 spiro atoms. The summed E-state index contributed by atoms with van der Waals surface area (Å²) in [6.45, 7) is 2.95. The van der Waals surface area contributed by atoms with Crippen LogP contribution in [0.15, 0.2) is 91.1 Å². The molecule has 5 rings (SSSR count). The van der Waals surface area contributed by atoms with E-state index < -0.39 is 0 Å². The van der Waals surface area contributed by atoms with Crippen molar-refractivity contribution in [2.24, 2.45) is 0 Å². The molecule has 0 saturated heterocycles. The SMILES string of the molecule is CCc1ccc([C@@H]2c3cccn3-c3ccccc3CN2C(=O)NCc2ccc(F)cc2)cc1. The third kappa shape index (κ3) is 4.14. The van der Waals surface area contributed by atoms with Crippen molar-refractivity contribution in [2.45, 2.75) is 32.5 Å². The second-order valence-electron chi connectivity index (χ2n) is 8.34. The molecule has 1 aliphatic heterocycles. The zero-order valence-electron chi connectivity index (χ0n) is 18.5. The second kappa shape index (κ2) is 8.94. The summed E-state index contributed by atoms with van der Waals surface area (Å²) in [6.07, 6.45) is 3.02. The summed E-state index contributed by atoms with van der Waals surface area (Å²) >= 11 is 0. The summed E-state index contributed by atoms with van der Waals surface area (Å²) in [5.74, 6) is -0.287. The van der Waals surface area contributed by atoms with Crippen molar-refractivity contribution >= 4 is 6.03 Å². The third-order valence-electron chi connectivity index (χ3n) is 6.29. The van der Waals surface area contributed by atoms with Gasteiger partial charge in [0.15, 0.2) is 0 Å². The molecule has 0 fully saturated rings. The van der Waals surface area contributed by atoms with Gasteiger partial charge in [0.2, 0.25) is 0 Å². The summed E-state index contributed by atoms with van der Waals surface area (Å²) in [7, 11) is 0. The Hall–Kier alpha value is -3.86. The first-order valence-corrected chi connectivity index (χ1v) is 11.3. The van der Waals surface area contributed by atoms with Crippen LogP contribution >= 0.6 is 0 Å². The van der Waals surface area contributed by atoms with E-state index in [0.29, 0.717) is 13.1 Å². The van der Waals surface area contributed by atoms with Gasteiger partial charge in [-0.05, 0) is 59.0 Å². The highest BCUT2D eigenvalue weighted by atomic mass is 19.1. The lowest BCUT2D eigenvalue weighted by atomic mass is 10.00. The molecule has 0 saturated carbocycles. The maximum atomic E-state index is 13.6. The molecule has 2 amide bonds. The Bertz CT molecular complexity index is 1260. The van der Waals surface area contributed by atoms with Gasteiger partial charge in [-0.3, -0.25) is 0 Å². The van der Waals surface area contributed by atoms with Gasteiger partial charge in [0.1, 0.15) is 5.82 Å². The van der Waals surface area contributed by atoms with E-state index in [-0.39, 0.29) is 17.9 Å². The van der Waals surface area contributed by atoms with Crippen LogP contribution in [0.1, 0.15) is 40.9 Å². The molecule has 1 atom stereocenters. The number of aryl methyl sites for hydroxylation is 1. The van der Waals surface area contributed by atoms with Crippen LogP contribution in [0.2, 0.25) is 0 Å². The topological polar surface area (TPSA) is 37.3 Å². The van der Waals surface area contributed by atoms with Crippen molar-refractivity contribution in [3.8, 4) is 5.69 Å². The first-order chi connectivity index (χ1) is 16.1. The summed E-state index contributed by atoms with van der Waals surface area (Å²) < 4.78 is 15.4. The van der Waals surface area contributed by atoms with Crippen LogP contribution in [0, 0.1) is 5.82 Å². The number of benzene rings is 3. The van der Waals surface area contributed by atoms with Gasteiger partial charge in [-0.2, -0.15) is 0 Å². The lowest BCUT2D eigenvalue weighted by Gasteiger charge is -2.31. The molecule has 1 aliphatic rings. The molecule has 0 aliphatic carbocycles. The Morgan fingerprint density at radius 2 is 1.67 bits per heavy atom. The second-order valence-corrected chi connectivity index (χ2v) is 8.34. The van der Waals surface area contributed by atoms with E-state index in [4.69, 9.17) is 0 Å². The molecule has 4 aromatic rings. The van der Waals surface area contributed by atoms with Crippen molar-refractivity contribution in [1.29, 1.82) is 0 Å². The fourth-order valence-corrected chi connectivity index (χ4v) is 4.51. The molecule has 4 nitrogen and oxygen atoms in total. The number of aromatic nitrogens is 1. The van der Waals surface area contributed by atoms with Crippen LogP contribution < -0.4 is 5.32 Å². The molecular formula is C28H26FN3O. The Morgan fingerprint density at radius 1 is 0.939 bits per heavy atom. The number of carbonyl (C=O) groups is 1. The zero-order valence-corrected chi connectivity index (χ0v) is 18.5. The minimum Gasteiger partial charge on any atom is -0.334 e. The Balaban J connectivity index is 1.54. The maximum absolute atomic E-state index is 13.6. The quantitative estimate of drug-likeness (QED) is 0.416. The molecular weight excluding hydrogens is 413 g/mol. The van der Waals surface area contributed by atoms with Gasteiger partial charge in [0, 0.05) is 18.4 Å². The van der Waals surface area contributed by atoms with E-state index in [1.807, 2.05) is 23.1 Å². The summed E-state index contributed by atoms with van der Waals surface area (Å²) in [4.78, 5) is 15.5. The number of rotatable bonds is 4. The van der Waals surface area contributed by atoms with Crippen LogP contribution in [0.25, 0.3) is 5.69 Å². The van der Waals surface area contributed by atoms with Gasteiger partial charge in [-0.25, -0.2) is 9.18 Å². The van der Waals surface area contributed by atoms with Crippen molar-refractivity contribution in [1.82, 2.24) is 14.8 Å². The number of urea groups is 1. The predicted octanol–water partition coefficient (Wildman–Crippen LogP) is 5.99. The molecule has 2 heterocycles. The number of para-hydroxylation sites is 1. The number of halogens is 1. The average Bonchev–Trinajstić information content (AvgIpc) is 3.28. The fourth-order valence-electron chi connectivity index (χ4n) is 4.51. The fraction of sp³-hybridized carbons (Fsp3) is 0.179. The van der Waals surface area contributed by atoms with Gasteiger partial charge in [-0.15, -0.1) is 0 Å². The Kier molecular flexibility index (Phi) is 5.69. The minimum atomic E-state index is -0.287. The number of fused-ring (bicyclic) bond motifs is 3. The first-order valence-electron chi connectivity index (χ1n) is 11.3. The van der Waals surface area contributed by atoms with Crippen LogP contribution in [0.5, 0.6) is 0 Å². The van der Waals surface area contributed by atoms with Gasteiger partial charge < -0.3 is 14.8 Å². The highest BCUT2D eigenvalue weighted by Crippen LogP contribution is 2.36. The molecule has 1 N–H and O–H groups in total. The molecule has 3 aromatic carbocycles. The summed E-state index contributed by atoms with van der Waals surface area (Å²) in [5.41, 5.74) is 6.39. The Labute approximate surface area is 193 Å². The van der Waals surface area contributed by atoms with E-state index in [1.54, 1.807) is 12.1 Å². The standard InChI is InChI=1S/C28H26FN3O/c1-2-20-9-13-22(14-10-20)27-26-8-5-17-31(26)25-7-4-3-6-23(25)19-32(27)28(33)30-18-21-11-15-24(29)16-12-21/h3-17,27H,2,18-19H2,1H3,(H,30,33)/t27-/m1/s1. The number of hydrogen-bond donors (Lipinski definition) is 1. The molecule has 5 heteroatoms.